The van der Waals surface area contributed by atoms with Gasteiger partial charge in [0.2, 0.25) is 6.33 Å². The molecule has 0 unspecified atom stereocenters. The molecule has 0 aliphatic rings. The SMILES string of the molecule is CCCCCCCCCn1cc[n+](CCCCCCCCC)c1.F[P-](F)(F)(F)(F)F. The molecule has 1 aromatic heterocycles. The zero-order valence-electron chi connectivity index (χ0n) is 18.7. The van der Waals surface area contributed by atoms with Crippen LogP contribution in [-0.2, 0) is 13.1 Å². The zero-order chi connectivity index (χ0) is 23.0. The van der Waals surface area contributed by atoms with Crippen molar-refractivity contribution in [3.63, 3.8) is 0 Å². The van der Waals surface area contributed by atoms with Crippen molar-refractivity contribution in [2.24, 2.45) is 0 Å². The Bertz CT molecular complexity index is 498. The predicted octanol–water partition coefficient (Wildman–Crippen LogP) is 9.66. The van der Waals surface area contributed by atoms with E-state index in [4.69, 9.17) is 0 Å². The summed E-state index contributed by atoms with van der Waals surface area (Å²) in [6.07, 6.45) is 26.3. The molecule has 182 valence electrons. The van der Waals surface area contributed by atoms with Gasteiger partial charge in [-0.25, -0.2) is 9.13 Å². The second-order valence-corrected chi connectivity index (χ2v) is 10.0. The van der Waals surface area contributed by atoms with E-state index in [-0.39, 0.29) is 0 Å². The average molecular weight is 467 g/mol. The molecule has 0 bridgehead atoms. The van der Waals surface area contributed by atoms with Crippen LogP contribution in [0.1, 0.15) is 104 Å². The van der Waals surface area contributed by atoms with Crippen molar-refractivity contribution in [1.29, 1.82) is 0 Å². The van der Waals surface area contributed by atoms with Crippen molar-refractivity contribution in [3.05, 3.63) is 18.7 Å². The fourth-order valence-electron chi connectivity index (χ4n) is 3.21. The molecule has 1 rings (SSSR count). The number of aromatic nitrogens is 2. The van der Waals surface area contributed by atoms with Crippen LogP contribution in [0.25, 0.3) is 0 Å². The molecule has 2 nitrogen and oxygen atoms in total. The minimum absolute atomic E-state index is 1.19. The minimum atomic E-state index is -10.7. The van der Waals surface area contributed by atoms with E-state index in [0.717, 1.165) is 0 Å². The first kappa shape index (κ1) is 29.2. The monoisotopic (exact) mass is 466 g/mol. The van der Waals surface area contributed by atoms with Gasteiger partial charge >= 0.3 is 33.0 Å². The first-order valence-electron chi connectivity index (χ1n) is 11.4. The van der Waals surface area contributed by atoms with Gasteiger partial charge in [0.05, 0.1) is 13.1 Å². The van der Waals surface area contributed by atoms with Crippen LogP contribution in [0.15, 0.2) is 18.7 Å². The van der Waals surface area contributed by atoms with Crippen LogP contribution in [0.3, 0.4) is 0 Å². The van der Waals surface area contributed by atoms with Gasteiger partial charge in [-0.1, -0.05) is 78.1 Å². The first-order chi connectivity index (χ1) is 13.8. The van der Waals surface area contributed by atoms with Crippen LogP contribution in [0, 0.1) is 0 Å². The van der Waals surface area contributed by atoms with E-state index < -0.39 is 7.81 Å². The van der Waals surface area contributed by atoms with Gasteiger partial charge in [0, 0.05) is 0 Å². The van der Waals surface area contributed by atoms with Crippen molar-refractivity contribution >= 4 is 7.81 Å². The van der Waals surface area contributed by atoms with Gasteiger partial charge in [-0.2, -0.15) is 0 Å². The molecule has 30 heavy (non-hydrogen) atoms. The summed E-state index contributed by atoms with van der Waals surface area (Å²) in [4.78, 5) is 0. The number of hydrogen-bond donors (Lipinski definition) is 0. The van der Waals surface area contributed by atoms with E-state index in [1.54, 1.807) is 0 Å². The number of hydrogen-bond acceptors (Lipinski definition) is 0. The third-order valence-electron chi connectivity index (χ3n) is 4.79. The summed E-state index contributed by atoms with van der Waals surface area (Å²) in [5, 5.41) is 0. The summed E-state index contributed by atoms with van der Waals surface area (Å²) in [5.41, 5.74) is 0. The quantitative estimate of drug-likeness (QED) is 0.0992. The Labute approximate surface area is 178 Å². The van der Waals surface area contributed by atoms with Crippen LogP contribution < -0.4 is 4.57 Å². The van der Waals surface area contributed by atoms with E-state index >= 15 is 0 Å². The van der Waals surface area contributed by atoms with Crippen LogP contribution in [0.2, 0.25) is 0 Å². The van der Waals surface area contributed by atoms with E-state index in [2.05, 4.69) is 41.7 Å². The molecule has 0 saturated carbocycles. The second-order valence-electron chi connectivity index (χ2n) is 8.09. The van der Waals surface area contributed by atoms with Gasteiger partial charge in [0.1, 0.15) is 12.4 Å². The normalized spacial score (nSPS) is 14.0. The Hall–Kier alpha value is -0.780. The third kappa shape index (κ3) is 27.2. The zero-order valence-corrected chi connectivity index (χ0v) is 19.5. The molecule has 0 N–H and O–H groups in total. The number of imidazole rings is 1. The molecule has 0 spiro atoms. The summed E-state index contributed by atoms with van der Waals surface area (Å²) >= 11 is 0. The summed E-state index contributed by atoms with van der Waals surface area (Å²) in [7, 11) is -10.7. The fourth-order valence-corrected chi connectivity index (χ4v) is 3.21. The van der Waals surface area contributed by atoms with Crippen LogP contribution in [-0.4, -0.2) is 4.57 Å². The van der Waals surface area contributed by atoms with Gasteiger partial charge in [-0.3, -0.25) is 0 Å². The molecule has 0 radical (unpaired) electrons. The number of aryl methyl sites for hydroxylation is 2. The summed E-state index contributed by atoms with van der Waals surface area (Å²) in [6.45, 7) is 6.96. The molecular weight excluding hydrogens is 425 g/mol. The van der Waals surface area contributed by atoms with Crippen molar-refractivity contribution in [2.45, 2.75) is 117 Å². The van der Waals surface area contributed by atoms with Crippen molar-refractivity contribution in [1.82, 2.24) is 4.57 Å². The Balaban J connectivity index is 0.00000103. The van der Waals surface area contributed by atoms with Crippen molar-refractivity contribution < 1.29 is 29.7 Å². The maximum absolute atomic E-state index is 10.7. The molecule has 0 aliphatic heterocycles. The molecule has 0 saturated heterocycles. The summed E-state index contributed by atoms with van der Waals surface area (Å²) < 4.78 is 63.9. The second kappa shape index (κ2) is 13.6. The van der Waals surface area contributed by atoms with Crippen molar-refractivity contribution in [3.8, 4) is 0 Å². The fraction of sp³-hybridized carbons (Fsp3) is 0.857. The van der Waals surface area contributed by atoms with E-state index in [1.165, 1.54) is 103 Å². The standard InChI is InChI=1S/C21H41N2.F6P/c1-3-5-7-9-11-13-15-17-22-19-20-23(21-22)18-16-14-12-10-8-6-4-2;1-7(2,3,4,5)6/h19-21H,3-18H2,1-2H3;/q+1;-1. The maximum atomic E-state index is 9.87. The molecule has 9 heteroatoms. The predicted molar refractivity (Wildman–Crippen MR) is 114 cm³/mol. The van der Waals surface area contributed by atoms with Gasteiger partial charge in [-0.15, -0.1) is 0 Å². The Morgan fingerprint density at radius 3 is 1.50 bits per heavy atom. The van der Waals surface area contributed by atoms with Gasteiger partial charge < -0.3 is 0 Å². The molecule has 0 atom stereocenters. The number of halogens is 6. The Kier molecular flexibility index (Phi) is 13.2. The Morgan fingerprint density at radius 1 is 0.633 bits per heavy atom. The topological polar surface area (TPSA) is 8.81 Å². The summed E-state index contributed by atoms with van der Waals surface area (Å²) in [5.74, 6) is 0. The number of unbranched alkanes of at least 4 members (excludes halogenated alkanes) is 12. The number of nitrogens with zero attached hydrogens (tertiary/aromatic N) is 2. The van der Waals surface area contributed by atoms with Gasteiger partial charge in [0.15, 0.2) is 0 Å². The van der Waals surface area contributed by atoms with Crippen LogP contribution in [0.4, 0.5) is 25.2 Å². The number of rotatable bonds is 16. The van der Waals surface area contributed by atoms with E-state index in [1.807, 2.05) is 0 Å². The van der Waals surface area contributed by atoms with E-state index in [0.29, 0.717) is 0 Å². The molecular formula is C21H41F6N2P. The molecule has 0 amide bonds. The van der Waals surface area contributed by atoms with Crippen LogP contribution >= 0.6 is 7.81 Å². The summed E-state index contributed by atoms with van der Waals surface area (Å²) in [6, 6.07) is 0. The van der Waals surface area contributed by atoms with Crippen LogP contribution in [0.5, 0.6) is 0 Å². The third-order valence-corrected chi connectivity index (χ3v) is 4.79. The average Bonchev–Trinajstić information content (AvgIpc) is 3.05. The molecule has 0 aromatic carbocycles. The van der Waals surface area contributed by atoms with Gasteiger partial charge in [-0.05, 0) is 25.7 Å². The van der Waals surface area contributed by atoms with E-state index in [9.17, 15) is 25.2 Å². The molecule has 0 fully saturated rings. The van der Waals surface area contributed by atoms with Crippen molar-refractivity contribution in [2.75, 3.05) is 0 Å². The molecule has 1 aromatic rings. The van der Waals surface area contributed by atoms with Gasteiger partial charge in [0.25, 0.3) is 0 Å². The first-order valence-corrected chi connectivity index (χ1v) is 13.5. The molecule has 1 heterocycles. The molecule has 0 aliphatic carbocycles. The Morgan fingerprint density at radius 2 is 1.03 bits per heavy atom.